The number of nitrogens with one attached hydrogen (secondary N) is 1. The van der Waals surface area contributed by atoms with Crippen molar-refractivity contribution in [1.29, 1.82) is 0 Å². The molecule has 1 aromatic rings. The Labute approximate surface area is 130 Å². The molecule has 0 saturated heterocycles. The van der Waals surface area contributed by atoms with Crippen molar-refractivity contribution in [3.8, 4) is 0 Å². The van der Waals surface area contributed by atoms with Crippen molar-refractivity contribution in [3.05, 3.63) is 42.0 Å². The molecule has 1 aliphatic heterocycles. The smallest absolute Gasteiger partial charge is 0.0379 e. The molecule has 0 aromatic heterocycles. The summed E-state index contributed by atoms with van der Waals surface area (Å²) in [6.45, 7) is 14.4. The number of anilines is 1. The molecular formula is C20H31N. The first-order chi connectivity index (χ1) is 10.0. The SMILES string of the molecule is C=CC1c2cc(C(C)(C)CC)ccc2NCC1CCCC. The van der Waals surface area contributed by atoms with Gasteiger partial charge in [0.05, 0.1) is 0 Å². The van der Waals surface area contributed by atoms with Crippen LogP contribution in [0.4, 0.5) is 5.69 Å². The van der Waals surface area contributed by atoms with Crippen molar-refractivity contribution in [2.45, 2.75) is 64.7 Å². The van der Waals surface area contributed by atoms with Crippen LogP contribution in [0.15, 0.2) is 30.9 Å². The Hall–Kier alpha value is -1.24. The van der Waals surface area contributed by atoms with Gasteiger partial charge in [-0.05, 0) is 41.4 Å². The summed E-state index contributed by atoms with van der Waals surface area (Å²) in [4.78, 5) is 0. The van der Waals surface area contributed by atoms with E-state index in [0.717, 1.165) is 13.0 Å². The highest BCUT2D eigenvalue weighted by molar-refractivity contribution is 5.58. The van der Waals surface area contributed by atoms with Crippen LogP contribution < -0.4 is 5.32 Å². The minimum Gasteiger partial charge on any atom is -0.384 e. The number of fused-ring (bicyclic) bond motifs is 1. The summed E-state index contributed by atoms with van der Waals surface area (Å²) >= 11 is 0. The maximum atomic E-state index is 4.13. The lowest BCUT2D eigenvalue weighted by molar-refractivity contribution is 0.434. The number of hydrogen-bond acceptors (Lipinski definition) is 1. The monoisotopic (exact) mass is 285 g/mol. The normalized spacial score (nSPS) is 21.5. The Morgan fingerprint density at radius 2 is 2.10 bits per heavy atom. The molecule has 2 unspecified atom stereocenters. The Morgan fingerprint density at radius 1 is 1.33 bits per heavy atom. The van der Waals surface area contributed by atoms with Crippen LogP contribution in [0.1, 0.15) is 70.4 Å². The Bertz CT molecular complexity index is 487. The second kappa shape index (κ2) is 6.68. The molecule has 0 bridgehead atoms. The maximum Gasteiger partial charge on any atom is 0.0379 e. The van der Waals surface area contributed by atoms with E-state index in [0.29, 0.717) is 11.8 Å². The zero-order valence-corrected chi connectivity index (χ0v) is 14.2. The molecule has 1 N–H and O–H groups in total. The van der Waals surface area contributed by atoms with Gasteiger partial charge in [0, 0.05) is 18.2 Å². The molecule has 0 spiro atoms. The van der Waals surface area contributed by atoms with Gasteiger partial charge in [0.2, 0.25) is 0 Å². The predicted octanol–water partition coefficient (Wildman–Crippen LogP) is 5.88. The van der Waals surface area contributed by atoms with E-state index < -0.39 is 0 Å². The largest absolute Gasteiger partial charge is 0.384 e. The van der Waals surface area contributed by atoms with Crippen LogP contribution in [0.3, 0.4) is 0 Å². The molecule has 1 heteroatoms. The van der Waals surface area contributed by atoms with Crippen molar-refractivity contribution >= 4 is 5.69 Å². The van der Waals surface area contributed by atoms with Gasteiger partial charge in [-0.25, -0.2) is 0 Å². The fourth-order valence-corrected chi connectivity index (χ4v) is 3.31. The van der Waals surface area contributed by atoms with Crippen LogP contribution >= 0.6 is 0 Å². The second-order valence-electron chi connectivity index (χ2n) is 7.08. The van der Waals surface area contributed by atoms with Gasteiger partial charge in [-0.3, -0.25) is 0 Å². The van der Waals surface area contributed by atoms with Gasteiger partial charge in [0.1, 0.15) is 0 Å². The lowest BCUT2D eigenvalue weighted by Gasteiger charge is -2.34. The summed E-state index contributed by atoms with van der Waals surface area (Å²) in [5.74, 6) is 1.19. The topological polar surface area (TPSA) is 12.0 Å². The van der Waals surface area contributed by atoms with E-state index in [1.807, 2.05) is 0 Å². The van der Waals surface area contributed by atoms with Gasteiger partial charge in [0.15, 0.2) is 0 Å². The highest BCUT2D eigenvalue weighted by Gasteiger charge is 2.28. The third kappa shape index (κ3) is 3.33. The van der Waals surface area contributed by atoms with Crippen LogP contribution in [0, 0.1) is 5.92 Å². The fraction of sp³-hybridized carbons (Fsp3) is 0.600. The molecule has 21 heavy (non-hydrogen) atoms. The quantitative estimate of drug-likeness (QED) is 0.644. The van der Waals surface area contributed by atoms with Crippen LogP contribution in [0.25, 0.3) is 0 Å². The van der Waals surface area contributed by atoms with Gasteiger partial charge in [-0.1, -0.05) is 58.7 Å². The lowest BCUT2D eigenvalue weighted by atomic mass is 9.75. The summed E-state index contributed by atoms with van der Waals surface area (Å²) in [5.41, 5.74) is 4.46. The second-order valence-corrected chi connectivity index (χ2v) is 7.08. The molecule has 0 radical (unpaired) electrons. The summed E-state index contributed by atoms with van der Waals surface area (Å²) in [5, 5.41) is 3.63. The van der Waals surface area contributed by atoms with Crippen LogP contribution in [-0.2, 0) is 5.41 Å². The molecular weight excluding hydrogens is 254 g/mol. The fourth-order valence-electron chi connectivity index (χ4n) is 3.31. The standard InChI is InChI=1S/C20H31N/c1-6-9-10-15-14-21-19-12-11-16(20(4,5)8-3)13-18(19)17(15)7-2/h7,11-13,15,17,21H,2,6,8-10,14H2,1,3-5H3. The van der Waals surface area contributed by atoms with Crippen molar-refractivity contribution in [3.63, 3.8) is 0 Å². The van der Waals surface area contributed by atoms with E-state index in [1.165, 1.54) is 36.1 Å². The Kier molecular flexibility index (Phi) is 5.13. The van der Waals surface area contributed by atoms with Gasteiger partial charge in [0.25, 0.3) is 0 Å². The van der Waals surface area contributed by atoms with Gasteiger partial charge in [-0.15, -0.1) is 6.58 Å². The van der Waals surface area contributed by atoms with Crippen molar-refractivity contribution in [2.75, 3.05) is 11.9 Å². The average Bonchev–Trinajstić information content (AvgIpc) is 2.51. The van der Waals surface area contributed by atoms with Crippen molar-refractivity contribution in [2.24, 2.45) is 5.92 Å². The molecule has 1 nitrogen and oxygen atoms in total. The molecule has 1 aliphatic rings. The third-order valence-corrected chi connectivity index (χ3v) is 5.32. The number of benzene rings is 1. The molecule has 0 amide bonds. The molecule has 116 valence electrons. The van der Waals surface area contributed by atoms with E-state index in [2.05, 4.69) is 63.9 Å². The van der Waals surface area contributed by atoms with Crippen LogP contribution in [0.5, 0.6) is 0 Å². The maximum absolute atomic E-state index is 4.13. The van der Waals surface area contributed by atoms with E-state index in [1.54, 1.807) is 0 Å². The molecule has 0 fully saturated rings. The third-order valence-electron chi connectivity index (χ3n) is 5.32. The van der Waals surface area contributed by atoms with Gasteiger partial charge in [-0.2, -0.15) is 0 Å². The van der Waals surface area contributed by atoms with Crippen LogP contribution in [-0.4, -0.2) is 6.54 Å². The molecule has 0 aliphatic carbocycles. The molecule has 0 saturated carbocycles. The zero-order valence-electron chi connectivity index (χ0n) is 14.2. The molecule has 2 rings (SSSR count). The summed E-state index contributed by atoms with van der Waals surface area (Å²) in [6, 6.07) is 6.99. The van der Waals surface area contributed by atoms with Gasteiger partial charge >= 0.3 is 0 Å². The number of allylic oxidation sites excluding steroid dienone is 1. The van der Waals surface area contributed by atoms with E-state index in [9.17, 15) is 0 Å². The van der Waals surface area contributed by atoms with Crippen molar-refractivity contribution < 1.29 is 0 Å². The first-order valence-electron chi connectivity index (χ1n) is 8.54. The first-order valence-corrected chi connectivity index (χ1v) is 8.54. The molecule has 1 aromatic carbocycles. The summed E-state index contributed by atoms with van der Waals surface area (Å²) in [7, 11) is 0. The Balaban J connectivity index is 2.34. The molecule has 1 heterocycles. The lowest BCUT2D eigenvalue weighted by Crippen LogP contribution is -2.27. The molecule has 2 atom stereocenters. The van der Waals surface area contributed by atoms with E-state index in [-0.39, 0.29) is 5.41 Å². The summed E-state index contributed by atoms with van der Waals surface area (Å²) in [6.07, 6.45) is 7.21. The van der Waals surface area contributed by atoms with Crippen molar-refractivity contribution in [1.82, 2.24) is 0 Å². The number of rotatable bonds is 6. The summed E-state index contributed by atoms with van der Waals surface area (Å²) < 4.78 is 0. The van der Waals surface area contributed by atoms with Gasteiger partial charge < -0.3 is 5.32 Å². The predicted molar refractivity (Wildman–Crippen MR) is 94.2 cm³/mol. The minimum atomic E-state index is 0.247. The average molecular weight is 285 g/mol. The highest BCUT2D eigenvalue weighted by atomic mass is 14.9. The highest BCUT2D eigenvalue weighted by Crippen LogP contribution is 2.40. The van der Waals surface area contributed by atoms with E-state index in [4.69, 9.17) is 0 Å². The number of unbranched alkanes of at least 4 members (excludes halogenated alkanes) is 1. The van der Waals surface area contributed by atoms with Crippen LogP contribution in [0.2, 0.25) is 0 Å². The first kappa shape index (κ1) is 16.1. The zero-order chi connectivity index (χ0) is 15.5. The van der Waals surface area contributed by atoms with E-state index >= 15 is 0 Å². The Morgan fingerprint density at radius 3 is 2.71 bits per heavy atom. The minimum absolute atomic E-state index is 0.247. The number of hydrogen-bond donors (Lipinski definition) is 1.